The normalized spacial score (nSPS) is 13.5. The molecule has 0 N–H and O–H groups in total. The highest BCUT2D eigenvalue weighted by molar-refractivity contribution is 9.10. The Morgan fingerprint density at radius 1 is 1.00 bits per heavy atom. The van der Waals surface area contributed by atoms with Gasteiger partial charge in [-0.15, -0.1) is 11.3 Å². The molecule has 29 heavy (non-hydrogen) atoms. The van der Waals surface area contributed by atoms with E-state index >= 15 is 0 Å². The minimum Gasteiger partial charge on any atom is -0.305 e. The number of halogens is 2. The number of hydrogen-bond donors (Lipinski definition) is 0. The summed E-state index contributed by atoms with van der Waals surface area (Å²) in [6.07, 6.45) is -0.102. The monoisotopic (exact) mass is 498 g/mol. The summed E-state index contributed by atoms with van der Waals surface area (Å²) in [7, 11) is -3.54. The first-order valence-electron chi connectivity index (χ1n) is 9.57. The highest BCUT2D eigenvalue weighted by Crippen LogP contribution is 2.66. The third-order valence-corrected chi connectivity index (χ3v) is 9.51. The molecule has 0 unspecified atom stereocenters. The van der Waals surface area contributed by atoms with Crippen LogP contribution in [-0.4, -0.2) is 12.2 Å². The van der Waals surface area contributed by atoms with Gasteiger partial charge in [0.1, 0.15) is 11.5 Å². The molecular formula is C22H25BrFO3PS. The molecule has 0 aliphatic rings. The molecule has 1 atom stereocenters. The first-order chi connectivity index (χ1) is 13.7. The molecule has 156 valence electrons. The van der Waals surface area contributed by atoms with Crippen molar-refractivity contribution in [1.29, 1.82) is 0 Å². The molecule has 0 radical (unpaired) electrons. The molecule has 1 aromatic heterocycles. The number of thiophene rings is 1. The van der Waals surface area contributed by atoms with Gasteiger partial charge >= 0.3 is 7.60 Å². The summed E-state index contributed by atoms with van der Waals surface area (Å²) in [5.74, 6) is -0.298. The van der Waals surface area contributed by atoms with Crippen molar-refractivity contribution < 1.29 is 18.0 Å². The summed E-state index contributed by atoms with van der Waals surface area (Å²) in [6.45, 7) is 7.41. The van der Waals surface area contributed by atoms with Crippen LogP contribution in [0.5, 0.6) is 0 Å². The number of hydrogen-bond acceptors (Lipinski definition) is 4. The van der Waals surface area contributed by atoms with Crippen LogP contribution >= 0.6 is 34.9 Å². The van der Waals surface area contributed by atoms with Gasteiger partial charge in [-0.05, 0) is 73.8 Å². The van der Waals surface area contributed by atoms with Gasteiger partial charge in [0.2, 0.25) is 0 Å². The van der Waals surface area contributed by atoms with E-state index in [1.54, 1.807) is 23.5 Å². The van der Waals surface area contributed by atoms with Crippen LogP contribution in [0.4, 0.5) is 4.39 Å². The largest absolute Gasteiger partial charge is 0.339 e. The Kier molecular flexibility index (Phi) is 7.34. The third-order valence-electron chi connectivity index (χ3n) is 4.30. The van der Waals surface area contributed by atoms with Crippen LogP contribution < -0.4 is 0 Å². The molecule has 0 spiro atoms. The fraction of sp³-hybridized carbons (Fsp3) is 0.364. The molecule has 3 aromatic rings. The smallest absolute Gasteiger partial charge is 0.305 e. The molecule has 3 nitrogen and oxygen atoms in total. The Bertz CT molecular complexity index is 1000. The predicted octanol–water partition coefficient (Wildman–Crippen LogP) is 8.13. The van der Waals surface area contributed by atoms with Gasteiger partial charge in [-0.25, -0.2) is 4.39 Å². The van der Waals surface area contributed by atoms with Gasteiger partial charge in [0, 0.05) is 19.4 Å². The van der Waals surface area contributed by atoms with Gasteiger partial charge in [0.15, 0.2) is 0 Å². The predicted molar refractivity (Wildman–Crippen MR) is 122 cm³/mol. The van der Waals surface area contributed by atoms with Crippen LogP contribution in [0.2, 0.25) is 0 Å². The average Bonchev–Trinajstić information content (AvgIpc) is 2.96. The fourth-order valence-corrected chi connectivity index (χ4v) is 8.37. The summed E-state index contributed by atoms with van der Waals surface area (Å²) >= 11 is 5.30. The van der Waals surface area contributed by atoms with E-state index in [1.165, 1.54) is 12.1 Å². The van der Waals surface area contributed by atoms with Crippen LogP contribution in [0.3, 0.4) is 0 Å². The average molecular weight is 499 g/mol. The van der Waals surface area contributed by atoms with Gasteiger partial charge in [0.05, 0.1) is 12.2 Å². The van der Waals surface area contributed by atoms with Crippen LogP contribution in [-0.2, 0) is 20.0 Å². The molecule has 0 bridgehead atoms. The van der Waals surface area contributed by atoms with E-state index in [2.05, 4.69) is 15.9 Å². The highest BCUT2D eigenvalue weighted by atomic mass is 79.9. The molecule has 0 amide bonds. The zero-order valence-corrected chi connectivity index (χ0v) is 20.2. The standard InChI is InChI=1S/C22H25BrFO3PS/c1-14(2)26-28(25,27-15(3)4)19(13-16-9-11-17(24)12-10-16)22-21(23)18-7-5-6-8-20(18)29-22/h5-12,14-15,19H,13H2,1-4H3/t19-/m0/s1. The summed E-state index contributed by atoms with van der Waals surface area (Å²) in [4.78, 5) is 0.917. The SMILES string of the molecule is CC(C)OP(=O)(OC(C)C)[C@@H](Cc1ccc(F)cc1)c1sc2ccccc2c1Br. The summed E-state index contributed by atoms with van der Waals surface area (Å²) < 4.78 is 41.4. The Morgan fingerprint density at radius 3 is 2.14 bits per heavy atom. The topological polar surface area (TPSA) is 35.5 Å². The molecule has 0 aliphatic carbocycles. The van der Waals surface area contributed by atoms with Crippen molar-refractivity contribution in [3.8, 4) is 0 Å². The Morgan fingerprint density at radius 2 is 1.59 bits per heavy atom. The van der Waals surface area contributed by atoms with E-state index in [4.69, 9.17) is 9.05 Å². The van der Waals surface area contributed by atoms with Crippen molar-refractivity contribution in [3.05, 3.63) is 69.3 Å². The Balaban J connectivity index is 2.14. The first-order valence-corrected chi connectivity index (χ1v) is 12.8. The minimum absolute atomic E-state index is 0.261. The molecule has 0 aliphatic heterocycles. The molecule has 2 aromatic carbocycles. The van der Waals surface area contributed by atoms with Crippen molar-refractivity contribution >= 4 is 44.9 Å². The number of benzene rings is 2. The van der Waals surface area contributed by atoms with Crippen molar-refractivity contribution in [3.63, 3.8) is 0 Å². The van der Waals surface area contributed by atoms with Crippen LogP contribution in [0.15, 0.2) is 53.0 Å². The van der Waals surface area contributed by atoms with E-state index < -0.39 is 13.3 Å². The molecule has 1 heterocycles. The Hall–Kier alpha value is -1.04. The molecule has 3 rings (SSSR count). The summed E-state index contributed by atoms with van der Waals surface area (Å²) in [5, 5.41) is 1.07. The second kappa shape index (κ2) is 9.40. The van der Waals surface area contributed by atoms with Crippen LogP contribution in [0.1, 0.15) is 43.8 Å². The van der Waals surface area contributed by atoms with Crippen molar-refractivity contribution in [2.75, 3.05) is 0 Å². The van der Waals surface area contributed by atoms with E-state index in [-0.39, 0.29) is 18.0 Å². The van der Waals surface area contributed by atoms with Crippen LogP contribution in [0, 0.1) is 5.82 Å². The lowest BCUT2D eigenvalue weighted by molar-refractivity contribution is 0.136. The lowest BCUT2D eigenvalue weighted by Crippen LogP contribution is -2.15. The van der Waals surface area contributed by atoms with Gasteiger partial charge in [-0.2, -0.15) is 0 Å². The van der Waals surface area contributed by atoms with E-state index in [0.29, 0.717) is 6.42 Å². The zero-order valence-electron chi connectivity index (χ0n) is 16.9. The molecule has 7 heteroatoms. The number of rotatable bonds is 8. The molecule has 0 fully saturated rings. The zero-order chi connectivity index (χ0) is 21.2. The summed E-state index contributed by atoms with van der Waals surface area (Å²) in [6, 6.07) is 14.3. The molecular weight excluding hydrogens is 474 g/mol. The minimum atomic E-state index is -3.54. The second-order valence-electron chi connectivity index (χ2n) is 7.47. The highest BCUT2D eigenvalue weighted by Gasteiger charge is 2.41. The maximum atomic E-state index is 14.1. The molecule has 0 saturated carbocycles. The van der Waals surface area contributed by atoms with E-state index in [0.717, 1.165) is 25.0 Å². The van der Waals surface area contributed by atoms with E-state index in [9.17, 15) is 8.96 Å². The maximum absolute atomic E-state index is 14.1. The van der Waals surface area contributed by atoms with Crippen molar-refractivity contribution in [2.24, 2.45) is 0 Å². The van der Waals surface area contributed by atoms with Gasteiger partial charge in [-0.3, -0.25) is 4.57 Å². The quantitative estimate of drug-likeness (QED) is 0.294. The lowest BCUT2D eigenvalue weighted by atomic mass is 10.1. The third kappa shape index (κ3) is 5.36. The van der Waals surface area contributed by atoms with Crippen molar-refractivity contribution in [1.82, 2.24) is 0 Å². The van der Waals surface area contributed by atoms with E-state index in [1.807, 2.05) is 52.0 Å². The first kappa shape index (κ1) is 22.6. The summed E-state index contributed by atoms with van der Waals surface area (Å²) in [5.41, 5.74) is 0.366. The fourth-order valence-electron chi connectivity index (χ4n) is 3.20. The lowest BCUT2D eigenvalue weighted by Gasteiger charge is -2.30. The van der Waals surface area contributed by atoms with Crippen LogP contribution in [0.25, 0.3) is 10.1 Å². The second-order valence-corrected chi connectivity index (χ2v) is 11.5. The van der Waals surface area contributed by atoms with Gasteiger partial charge in [-0.1, -0.05) is 30.3 Å². The van der Waals surface area contributed by atoms with Gasteiger partial charge < -0.3 is 9.05 Å². The van der Waals surface area contributed by atoms with Crippen molar-refractivity contribution in [2.45, 2.75) is 52.0 Å². The number of fused-ring (bicyclic) bond motifs is 1. The maximum Gasteiger partial charge on any atom is 0.339 e. The molecule has 0 saturated heterocycles. The Labute approximate surface area is 183 Å². The van der Waals surface area contributed by atoms with Gasteiger partial charge in [0.25, 0.3) is 0 Å².